The van der Waals surface area contributed by atoms with E-state index in [1.165, 1.54) is 6.20 Å². The van der Waals surface area contributed by atoms with E-state index in [0.717, 1.165) is 14.9 Å². The van der Waals surface area contributed by atoms with Crippen LogP contribution in [-0.4, -0.2) is 30.1 Å². The van der Waals surface area contributed by atoms with E-state index in [4.69, 9.17) is 9.47 Å². The summed E-state index contributed by atoms with van der Waals surface area (Å²) in [5.41, 5.74) is 0.959. The highest BCUT2D eigenvalue weighted by Crippen LogP contribution is 2.34. The molecule has 0 spiro atoms. The number of nitrogens with one attached hydrogen (secondary N) is 1. The van der Waals surface area contributed by atoms with Crippen LogP contribution in [0.3, 0.4) is 0 Å². The Kier molecular flexibility index (Phi) is 5.13. The molecule has 136 valence electrons. The molecular formula is C18H18BrN3O4. The van der Waals surface area contributed by atoms with Crippen LogP contribution in [0.15, 0.2) is 34.9 Å². The molecule has 1 aromatic heterocycles. The minimum Gasteiger partial charge on any atom is -0.496 e. The van der Waals surface area contributed by atoms with Gasteiger partial charge in [0.15, 0.2) is 0 Å². The van der Waals surface area contributed by atoms with Gasteiger partial charge in [-0.05, 0) is 25.5 Å². The van der Waals surface area contributed by atoms with Crippen molar-refractivity contribution in [2.24, 2.45) is 0 Å². The van der Waals surface area contributed by atoms with E-state index in [-0.39, 0.29) is 11.7 Å². The molecule has 1 aliphatic rings. The minimum absolute atomic E-state index is 0.221. The summed E-state index contributed by atoms with van der Waals surface area (Å²) >= 11 is 3.47. The number of hydrogen-bond donors (Lipinski definition) is 1. The van der Waals surface area contributed by atoms with Crippen molar-refractivity contribution in [2.75, 3.05) is 12.0 Å². The molecule has 1 aliphatic heterocycles. The second kappa shape index (κ2) is 7.33. The summed E-state index contributed by atoms with van der Waals surface area (Å²) in [6.45, 7) is 3.76. The SMILES string of the molecule is CCC1NC(=O)N(c2cc(Oc3cc(Br)c(C)c(OC)c3)ccn2)C1=O. The Morgan fingerprint density at radius 2 is 2.04 bits per heavy atom. The highest BCUT2D eigenvalue weighted by Gasteiger charge is 2.38. The topological polar surface area (TPSA) is 80.8 Å². The lowest BCUT2D eigenvalue weighted by Gasteiger charge is -2.14. The standard InChI is InChI=1S/C18H18BrN3O4/c1-4-14-17(23)22(18(24)21-14)16-9-11(5-6-20-16)26-12-7-13(19)10(2)15(8-12)25-3/h5-9,14H,4H2,1-3H3,(H,21,24). The first-order valence-corrected chi connectivity index (χ1v) is 8.86. The molecule has 2 aromatic rings. The quantitative estimate of drug-likeness (QED) is 0.745. The lowest BCUT2D eigenvalue weighted by Crippen LogP contribution is -2.31. The Hall–Kier alpha value is -2.61. The van der Waals surface area contributed by atoms with Crippen molar-refractivity contribution in [2.45, 2.75) is 26.3 Å². The number of methoxy groups -OCH3 is 1. The first-order chi connectivity index (χ1) is 12.4. The van der Waals surface area contributed by atoms with Gasteiger partial charge >= 0.3 is 6.03 Å². The number of anilines is 1. The van der Waals surface area contributed by atoms with Gasteiger partial charge in [0.2, 0.25) is 0 Å². The fraction of sp³-hybridized carbons (Fsp3) is 0.278. The van der Waals surface area contributed by atoms with Crippen LogP contribution in [0.25, 0.3) is 0 Å². The van der Waals surface area contributed by atoms with Crippen molar-refractivity contribution in [3.05, 3.63) is 40.5 Å². The molecule has 0 bridgehead atoms. The third-order valence-electron chi connectivity index (χ3n) is 4.10. The Morgan fingerprint density at radius 3 is 2.69 bits per heavy atom. The zero-order valence-corrected chi connectivity index (χ0v) is 16.2. The summed E-state index contributed by atoms with van der Waals surface area (Å²) in [7, 11) is 1.59. The second-order valence-corrected chi connectivity index (χ2v) is 6.62. The molecule has 0 saturated carbocycles. The average Bonchev–Trinajstić information content (AvgIpc) is 2.91. The molecule has 1 atom stereocenters. The molecule has 7 nitrogen and oxygen atoms in total. The molecule has 1 fully saturated rings. The lowest BCUT2D eigenvalue weighted by molar-refractivity contribution is -0.118. The largest absolute Gasteiger partial charge is 0.496 e. The minimum atomic E-state index is -0.522. The molecule has 2 heterocycles. The normalized spacial score (nSPS) is 16.6. The smallest absolute Gasteiger partial charge is 0.330 e. The van der Waals surface area contributed by atoms with Crippen molar-refractivity contribution in [3.8, 4) is 17.2 Å². The third kappa shape index (κ3) is 3.37. The van der Waals surface area contributed by atoms with Gasteiger partial charge in [-0.15, -0.1) is 0 Å². The summed E-state index contributed by atoms with van der Waals surface area (Å²) < 4.78 is 12.0. The van der Waals surface area contributed by atoms with Crippen molar-refractivity contribution in [1.29, 1.82) is 0 Å². The van der Waals surface area contributed by atoms with Crippen LogP contribution in [0, 0.1) is 6.92 Å². The van der Waals surface area contributed by atoms with Crippen molar-refractivity contribution >= 4 is 33.7 Å². The van der Waals surface area contributed by atoms with Crippen molar-refractivity contribution < 1.29 is 19.1 Å². The number of imide groups is 1. The van der Waals surface area contributed by atoms with E-state index in [2.05, 4.69) is 26.2 Å². The molecule has 3 amide bonds. The molecular weight excluding hydrogens is 402 g/mol. The van der Waals surface area contributed by atoms with Crippen molar-refractivity contribution in [1.82, 2.24) is 10.3 Å². The number of amides is 3. The number of ether oxygens (including phenoxy) is 2. The fourth-order valence-electron chi connectivity index (χ4n) is 2.65. The number of carbonyl (C=O) groups excluding carboxylic acids is 2. The van der Waals surface area contributed by atoms with Gasteiger partial charge in [-0.2, -0.15) is 0 Å². The molecule has 26 heavy (non-hydrogen) atoms. The van der Waals surface area contributed by atoms with E-state index in [1.807, 2.05) is 19.9 Å². The van der Waals surface area contributed by atoms with Gasteiger partial charge in [0, 0.05) is 28.4 Å². The number of benzene rings is 1. The molecule has 0 aliphatic carbocycles. The number of pyridine rings is 1. The van der Waals surface area contributed by atoms with Gasteiger partial charge < -0.3 is 14.8 Å². The number of rotatable bonds is 5. The Balaban J connectivity index is 1.88. The summed E-state index contributed by atoms with van der Waals surface area (Å²) in [6.07, 6.45) is 2.01. The second-order valence-electron chi connectivity index (χ2n) is 5.77. The summed E-state index contributed by atoms with van der Waals surface area (Å²) in [5, 5.41) is 2.63. The molecule has 8 heteroatoms. The van der Waals surface area contributed by atoms with Crippen LogP contribution in [0.1, 0.15) is 18.9 Å². The summed E-state index contributed by atoms with van der Waals surface area (Å²) in [6, 6.07) is 5.78. The van der Waals surface area contributed by atoms with Crippen molar-refractivity contribution in [3.63, 3.8) is 0 Å². The van der Waals surface area contributed by atoms with Gasteiger partial charge in [-0.3, -0.25) is 4.79 Å². The van der Waals surface area contributed by atoms with Crippen LogP contribution in [0.4, 0.5) is 10.6 Å². The first kappa shape index (κ1) is 18.2. The van der Waals surface area contributed by atoms with Crippen LogP contribution in [0.2, 0.25) is 0 Å². The maximum Gasteiger partial charge on any atom is 0.330 e. The monoisotopic (exact) mass is 419 g/mol. The number of halogens is 1. The maximum atomic E-state index is 12.3. The average molecular weight is 420 g/mol. The molecule has 1 unspecified atom stereocenters. The van der Waals surface area contributed by atoms with Crippen LogP contribution < -0.4 is 19.7 Å². The molecule has 1 aromatic carbocycles. The number of urea groups is 1. The molecule has 1 saturated heterocycles. The Labute approximate surface area is 159 Å². The maximum absolute atomic E-state index is 12.3. The van der Waals surface area contributed by atoms with Gasteiger partial charge in [0.25, 0.3) is 5.91 Å². The van der Waals surface area contributed by atoms with E-state index in [1.54, 1.807) is 25.3 Å². The number of nitrogens with zero attached hydrogens (tertiary/aromatic N) is 2. The fourth-order valence-corrected chi connectivity index (χ4v) is 3.07. The van der Waals surface area contributed by atoms with E-state index in [0.29, 0.717) is 23.7 Å². The van der Waals surface area contributed by atoms with Gasteiger partial charge in [-0.25, -0.2) is 14.7 Å². The Morgan fingerprint density at radius 1 is 1.27 bits per heavy atom. The van der Waals surface area contributed by atoms with Crippen LogP contribution >= 0.6 is 15.9 Å². The molecule has 3 rings (SSSR count). The zero-order chi connectivity index (χ0) is 18.8. The van der Waals surface area contributed by atoms with E-state index < -0.39 is 12.1 Å². The first-order valence-electron chi connectivity index (χ1n) is 8.07. The third-order valence-corrected chi connectivity index (χ3v) is 4.92. The van der Waals surface area contributed by atoms with Gasteiger partial charge in [0.05, 0.1) is 7.11 Å². The highest BCUT2D eigenvalue weighted by molar-refractivity contribution is 9.10. The Bertz CT molecular complexity index is 872. The predicted molar refractivity (Wildman–Crippen MR) is 99.8 cm³/mol. The van der Waals surface area contributed by atoms with E-state index >= 15 is 0 Å². The molecule has 1 N–H and O–H groups in total. The summed E-state index contributed by atoms with van der Waals surface area (Å²) in [5.74, 6) is 1.60. The zero-order valence-electron chi connectivity index (χ0n) is 14.6. The van der Waals surface area contributed by atoms with Gasteiger partial charge in [0.1, 0.15) is 29.1 Å². The number of aromatic nitrogens is 1. The van der Waals surface area contributed by atoms with E-state index in [9.17, 15) is 9.59 Å². The predicted octanol–water partition coefficient (Wildman–Crippen LogP) is 3.79. The number of carbonyl (C=O) groups is 2. The highest BCUT2D eigenvalue weighted by atomic mass is 79.9. The van der Waals surface area contributed by atoms with Crippen LogP contribution in [-0.2, 0) is 4.79 Å². The van der Waals surface area contributed by atoms with Crippen LogP contribution in [0.5, 0.6) is 17.2 Å². The lowest BCUT2D eigenvalue weighted by atomic mass is 10.2. The number of hydrogen-bond acceptors (Lipinski definition) is 5. The van der Waals surface area contributed by atoms with Gasteiger partial charge in [-0.1, -0.05) is 22.9 Å². The molecule has 0 radical (unpaired) electrons. The summed E-state index contributed by atoms with van der Waals surface area (Å²) in [4.78, 5) is 29.6.